The second-order valence-corrected chi connectivity index (χ2v) is 13.4. The molecule has 1 aromatic carbocycles. The summed E-state index contributed by atoms with van der Waals surface area (Å²) in [5, 5.41) is 0. The van der Waals surface area contributed by atoms with Crippen LogP contribution in [0.15, 0.2) is 47.4 Å². The average Bonchev–Trinajstić information content (AvgIpc) is 2.98. The highest BCUT2D eigenvalue weighted by Gasteiger charge is 2.19. The van der Waals surface area contributed by atoms with Gasteiger partial charge >= 0.3 is 0 Å². The maximum Gasteiger partial charge on any atom is 0.251 e. The van der Waals surface area contributed by atoms with Gasteiger partial charge in [-0.3, -0.25) is 9.59 Å². The summed E-state index contributed by atoms with van der Waals surface area (Å²) >= 11 is 0. The molecule has 0 saturated heterocycles. The summed E-state index contributed by atoms with van der Waals surface area (Å²) in [5.41, 5.74) is 5.69. The maximum atomic E-state index is 13.2. The number of nitrogens with zero attached hydrogens (tertiary/aromatic N) is 3. The van der Waals surface area contributed by atoms with Crippen molar-refractivity contribution in [2.45, 2.75) is 46.6 Å². The normalized spacial score (nSPS) is 11.2. The number of aromatic nitrogens is 3. The lowest BCUT2D eigenvalue weighted by Crippen LogP contribution is -2.24. The first-order valence-electron chi connectivity index (χ1n) is 10.1. The highest BCUT2D eigenvalue weighted by atomic mass is 28.3. The number of hydrogen-bond donors (Lipinski definition) is 0. The summed E-state index contributed by atoms with van der Waals surface area (Å²) in [5.74, 6) is 3.27. The molecular formula is C24H26FN3O2Si. The molecule has 0 bridgehead atoms. The summed E-state index contributed by atoms with van der Waals surface area (Å²) in [7, 11) is -1.55. The first kappa shape index (κ1) is 22.4. The van der Waals surface area contributed by atoms with E-state index in [9.17, 15) is 14.0 Å². The Labute approximate surface area is 182 Å². The van der Waals surface area contributed by atoms with Gasteiger partial charge in [0.15, 0.2) is 0 Å². The number of Topliss-reactive ketones (excluding diaryl/α,β-unsaturated/α-hetero) is 1. The Kier molecular flexibility index (Phi) is 6.42. The van der Waals surface area contributed by atoms with Gasteiger partial charge in [-0.05, 0) is 37.6 Å². The van der Waals surface area contributed by atoms with E-state index < -0.39 is 8.07 Å². The predicted octanol–water partition coefficient (Wildman–Crippen LogP) is 3.96. The van der Waals surface area contributed by atoms with E-state index in [1.54, 1.807) is 24.4 Å². The molecule has 7 heteroatoms. The molecule has 0 aliphatic rings. The molecular weight excluding hydrogens is 409 g/mol. The molecule has 0 saturated carbocycles. The molecule has 0 spiro atoms. The molecule has 2 aromatic heterocycles. The number of halogens is 1. The van der Waals surface area contributed by atoms with Crippen LogP contribution >= 0.6 is 0 Å². The quantitative estimate of drug-likeness (QED) is 0.346. The van der Waals surface area contributed by atoms with Gasteiger partial charge < -0.3 is 9.13 Å². The minimum absolute atomic E-state index is 0.102. The van der Waals surface area contributed by atoms with Crippen molar-refractivity contribution < 1.29 is 9.18 Å². The number of benzene rings is 1. The number of imidazole rings is 1. The van der Waals surface area contributed by atoms with Crippen LogP contribution in [0, 0.1) is 31.1 Å². The van der Waals surface area contributed by atoms with Crippen molar-refractivity contribution in [3.63, 3.8) is 0 Å². The third kappa shape index (κ3) is 5.67. The van der Waals surface area contributed by atoms with Crippen LogP contribution in [-0.4, -0.2) is 28.0 Å². The standard InChI is InChI=1S/C24H26FN3O2Si/c1-17-24(26-18(2)28(17)15-19-6-9-21(25)10-7-19)22(29)16-27-14-20(8-11-23(27)30)12-13-31(3,4)5/h6-11,14H,15-16H2,1-5H3. The van der Waals surface area contributed by atoms with Crippen LogP contribution in [0.25, 0.3) is 0 Å². The molecule has 0 unspecified atom stereocenters. The number of carbonyl (C=O) groups excluding carboxylic acids is 1. The van der Waals surface area contributed by atoms with E-state index in [0.29, 0.717) is 23.6 Å². The minimum atomic E-state index is -1.55. The molecule has 5 nitrogen and oxygen atoms in total. The second kappa shape index (κ2) is 8.86. The monoisotopic (exact) mass is 435 g/mol. The lowest BCUT2D eigenvalue weighted by Gasteiger charge is -2.09. The van der Waals surface area contributed by atoms with Gasteiger partial charge in [-0.1, -0.05) is 37.7 Å². The van der Waals surface area contributed by atoms with Crippen LogP contribution in [0.5, 0.6) is 0 Å². The van der Waals surface area contributed by atoms with Gasteiger partial charge in [0.2, 0.25) is 5.78 Å². The van der Waals surface area contributed by atoms with Gasteiger partial charge in [-0.15, -0.1) is 5.54 Å². The van der Waals surface area contributed by atoms with Gasteiger partial charge in [-0.2, -0.15) is 0 Å². The molecule has 31 heavy (non-hydrogen) atoms. The van der Waals surface area contributed by atoms with E-state index in [1.807, 2.05) is 18.4 Å². The van der Waals surface area contributed by atoms with Gasteiger partial charge in [0, 0.05) is 30.1 Å². The molecule has 0 atom stereocenters. The summed E-state index contributed by atoms with van der Waals surface area (Å²) in [4.78, 5) is 29.7. The first-order valence-corrected chi connectivity index (χ1v) is 13.6. The summed E-state index contributed by atoms with van der Waals surface area (Å²) in [6.45, 7) is 10.5. The SMILES string of the molecule is Cc1nc(C(=O)Cn2cc(C#C[Si](C)(C)C)ccc2=O)c(C)n1Cc1ccc(F)cc1. The number of hydrogen-bond acceptors (Lipinski definition) is 3. The lowest BCUT2D eigenvalue weighted by molar-refractivity contribution is 0.0965. The fourth-order valence-electron chi connectivity index (χ4n) is 3.16. The Balaban J connectivity index is 1.85. The summed E-state index contributed by atoms with van der Waals surface area (Å²) < 4.78 is 16.5. The van der Waals surface area contributed by atoms with E-state index in [1.165, 1.54) is 22.8 Å². The van der Waals surface area contributed by atoms with Gasteiger partial charge in [0.1, 0.15) is 25.4 Å². The summed E-state index contributed by atoms with van der Waals surface area (Å²) in [6, 6.07) is 9.36. The highest BCUT2D eigenvalue weighted by molar-refractivity contribution is 6.83. The number of ketones is 1. The molecule has 2 heterocycles. The Bertz CT molecular complexity index is 1240. The largest absolute Gasteiger partial charge is 0.327 e. The molecule has 0 N–H and O–H groups in total. The van der Waals surface area contributed by atoms with Crippen LogP contribution in [-0.2, 0) is 13.1 Å². The number of pyridine rings is 1. The Hall–Kier alpha value is -3.24. The fourth-order valence-corrected chi connectivity index (χ4v) is 3.68. The maximum absolute atomic E-state index is 13.2. The van der Waals surface area contributed by atoms with Crippen molar-refractivity contribution in [2.75, 3.05) is 0 Å². The van der Waals surface area contributed by atoms with Gasteiger partial charge in [0.25, 0.3) is 5.56 Å². The van der Waals surface area contributed by atoms with E-state index in [-0.39, 0.29) is 23.7 Å². The Morgan fingerprint density at radius 1 is 1.10 bits per heavy atom. The molecule has 3 rings (SSSR count). The molecule has 0 radical (unpaired) electrons. The van der Waals surface area contributed by atoms with Gasteiger partial charge in [-0.25, -0.2) is 9.37 Å². The predicted molar refractivity (Wildman–Crippen MR) is 122 cm³/mol. The molecule has 0 aliphatic heterocycles. The fraction of sp³-hybridized carbons (Fsp3) is 0.292. The number of rotatable bonds is 5. The molecule has 0 fully saturated rings. The zero-order valence-corrected chi connectivity index (χ0v) is 19.5. The van der Waals surface area contributed by atoms with Crippen molar-refractivity contribution >= 4 is 13.9 Å². The van der Waals surface area contributed by atoms with Crippen molar-refractivity contribution in [1.82, 2.24) is 14.1 Å². The average molecular weight is 436 g/mol. The van der Waals surface area contributed by atoms with Crippen molar-refractivity contribution in [3.05, 3.63) is 87.1 Å². The third-order valence-corrected chi connectivity index (χ3v) is 5.68. The third-order valence-electron chi connectivity index (χ3n) is 4.81. The molecule has 3 aromatic rings. The second-order valence-electron chi connectivity index (χ2n) is 8.61. The summed E-state index contributed by atoms with van der Waals surface area (Å²) in [6.07, 6.45) is 1.63. The zero-order valence-electron chi connectivity index (χ0n) is 18.5. The van der Waals surface area contributed by atoms with E-state index >= 15 is 0 Å². The van der Waals surface area contributed by atoms with Crippen molar-refractivity contribution in [3.8, 4) is 11.5 Å². The molecule has 0 aliphatic carbocycles. The van der Waals surface area contributed by atoms with Crippen molar-refractivity contribution in [2.24, 2.45) is 0 Å². The number of aryl methyl sites for hydroxylation is 1. The van der Waals surface area contributed by atoms with Crippen LogP contribution in [0.4, 0.5) is 4.39 Å². The number of carbonyl (C=O) groups is 1. The Morgan fingerprint density at radius 3 is 2.42 bits per heavy atom. The molecule has 0 amide bonds. The zero-order chi connectivity index (χ0) is 22.8. The van der Waals surface area contributed by atoms with Crippen LogP contribution in [0.3, 0.4) is 0 Å². The smallest absolute Gasteiger partial charge is 0.251 e. The van der Waals surface area contributed by atoms with Crippen LogP contribution in [0.2, 0.25) is 19.6 Å². The van der Waals surface area contributed by atoms with E-state index in [2.05, 4.69) is 36.1 Å². The van der Waals surface area contributed by atoms with E-state index in [0.717, 1.165) is 11.3 Å². The first-order chi connectivity index (χ1) is 14.5. The lowest BCUT2D eigenvalue weighted by atomic mass is 10.2. The van der Waals surface area contributed by atoms with Crippen LogP contribution in [0.1, 0.15) is 33.1 Å². The Morgan fingerprint density at radius 2 is 1.77 bits per heavy atom. The highest BCUT2D eigenvalue weighted by Crippen LogP contribution is 2.15. The van der Waals surface area contributed by atoms with E-state index in [4.69, 9.17) is 0 Å². The van der Waals surface area contributed by atoms with Crippen molar-refractivity contribution in [1.29, 1.82) is 0 Å². The molecule has 160 valence electrons. The van der Waals surface area contributed by atoms with Gasteiger partial charge in [0.05, 0.1) is 6.54 Å². The minimum Gasteiger partial charge on any atom is -0.327 e. The van der Waals surface area contributed by atoms with Crippen LogP contribution < -0.4 is 5.56 Å². The topological polar surface area (TPSA) is 56.9 Å².